The van der Waals surface area contributed by atoms with Gasteiger partial charge in [0.1, 0.15) is 0 Å². The van der Waals surface area contributed by atoms with Crippen LogP contribution in [0.15, 0.2) is 0 Å². The Morgan fingerprint density at radius 3 is 1.08 bits per heavy atom. The molecule has 0 fully saturated rings. The molecule has 0 saturated carbocycles. The minimum absolute atomic E-state index is 0.366. The Balaban J connectivity index is -0.000000120. The van der Waals surface area contributed by atoms with Crippen LogP contribution in [0, 0.1) is 0 Å². The molecule has 2 N–H and O–H groups in total. The van der Waals surface area contributed by atoms with Crippen molar-refractivity contribution in [3.63, 3.8) is 0 Å². The fourth-order valence-electron chi connectivity index (χ4n) is 0. The summed E-state index contributed by atoms with van der Waals surface area (Å²) in [5.41, 5.74) is 13.2. The second-order valence-corrected chi connectivity index (χ2v) is 5.08. The zero-order chi connectivity index (χ0) is 11.3. The molecule has 0 amide bonds. The first-order chi connectivity index (χ1) is 5.95. The molecule has 86 valence electrons. The summed E-state index contributed by atoms with van der Waals surface area (Å²) in [6.07, 6.45) is -0.731. The Labute approximate surface area is 96.6 Å². The topological polar surface area (TPSA) is 66.1 Å². The van der Waals surface area contributed by atoms with Crippen molar-refractivity contribution in [2.75, 3.05) is 14.2 Å². The van der Waals surface area contributed by atoms with Crippen molar-refractivity contribution in [2.45, 2.75) is 26.3 Å². The van der Waals surface area contributed by atoms with Crippen LogP contribution in [0.3, 0.4) is 0 Å². The van der Waals surface area contributed by atoms with E-state index in [9.17, 15) is 0 Å². The van der Waals surface area contributed by atoms with Crippen molar-refractivity contribution < 1.29 is 26.0 Å². The Bertz CT molecular complexity index is 71.7. The van der Waals surface area contributed by atoms with E-state index in [1.807, 2.05) is 0 Å². The monoisotopic (exact) mass is 413 g/mol. The molecular formula is C6H16Cl2N2O2Pt. The molecule has 0 spiro atoms. The number of rotatable bonds is 2. The number of methoxy groups -OCH3 is 2. The average Bonchev–Trinajstić information content (AvgIpc) is 2.07. The SMILES string of the molecule is COC(C)[NH-].CO[C@H](C)[NH-].[Cl][Pt+2][Cl]. The first-order valence-corrected chi connectivity index (χ1v) is 8.89. The van der Waals surface area contributed by atoms with Gasteiger partial charge in [-0.3, -0.25) is 0 Å². The minimum atomic E-state index is -0.472. The van der Waals surface area contributed by atoms with E-state index >= 15 is 0 Å². The fraction of sp³-hybridized carbons (Fsp3) is 1.00. The summed E-state index contributed by atoms with van der Waals surface area (Å²) in [4.78, 5) is 0. The van der Waals surface area contributed by atoms with Crippen molar-refractivity contribution in [1.82, 2.24) is 0 Å². The summed E-state index contributed by atoms with van der Waals surface area (Å²) in [6, 6.07) is 0. The molecule has 0 bridgehead atoms. The molecule has 13 heavy (non-hydrogen) atoms. The summed E-state index contributed by atoms with van der Waals surface area (Å²) in [6.45, 7) is 3.33. The first kappa shape index (κ1) is 19.6. The van der Waals surface area contributed by atoms with Gasteiger partial charge in [-0.2, -0.15) is 0 Å². The molecule has 0 aromatic heterocycles. The van der Waals surface area contributed by atoms with Gasteiger partial charge in [-0.25, -0.2) is 0 Å². The molecule has 4 nitrogen and oxygen atoms in total. The third-order valence-electron chi connectivity index (χ3n) is 0.707. The Morgan fingerprint density at radius 1 is 1.00 bits per heavy atom. The molecule has 7 heteroatoms. The standard InChI is InChI=1S/2C3H8NO.2ClH.Pt/c2*1-3(4)5-2;;;/h2*3-4H,1-2H3;2*1H;/q2*-1;;;+4/p-2/t3-;;;;/m1..../s1. The van der Waals surface area contributed by atoms with Crippen LogP contribution in [0.1, 0.15) is 13.8 Å². The van der Waals surface area contributed by atoms with E-state index in [1.54, 1.807) is 13.8 Å². The van der Waals surface area contributed by atoms with E-state index in [0.29, 0.717) is 0 Å². The van der Waals surface area contributed by atoms with Crippen molar-refractivity contribution in [1.29, 1.82) is 0 Å². The van der Waals surface area contributed by atoms with E-state index in [1.165, 1.54) is 14.2 Å². The van der Waals surface area contributed by atoms with Crippen LogP contribution in [0.5, 0.6) is 0 Å². The molecule has 0 radical (unpaired) electrons. The molecule has 0 aromatic carbocycles. The van der Waals surface area contributed by atoms with Gasteiger partial charge in [0.05, 0.1) is 0 Å². The number of ether oxygens (including phenoxy) is 2. The van der Waals surface area contributed by atoms with E-state index < -0.39 is 16.5 Å². The van der Waals surface area contributed by atoms with Crippen LogP contribution < -0.4 is 0 Å². The number of halogens is 2. The van der Waals surface area contributed by atoms with E-state index in [-0.39, 0.29) is 12.5 Å². The number of nitrogens with one attached hydrogen (secondary N) is 2. The Morgan fingerprint density at radius 2 is 1.08 bits per heavy atom. The molecule has 0 aromatic rings. The van der Waals surface area contributed by atoms with Crippen LogP contribution in [0.2, 0.25) is 0 Å². The third kappa shape index (κ3) is 62.0. The zero-order valence-electron chi connectivity index (χ0n) is 8.04. The quantitative estimate of drug-likeness (QED) is 0.695. The van der Waals surface area contributed by atoms with Crippen LogP contribution in [0.25, 0.3) is 11.5 Å². The number of hydrogen-bond acceptors (Lipinski definition) is 2. The Hall–Kier alpha value is 1.11. The van der Waals surface area contributed by atoms with Crippen molar-refractivity contribution in [3.05, 3.63) is 11.5 Å². The molecule has 0 saturated heterocycles. The first-order valence-electron chi connectivity index (χ1n) is 3.26. The maximum absolute atomic E-state index is 6.60. The molecule has 0 heterocycles. The van der Waals surface area contributed by atoms with E-state index in [2.05, 4.69) is 9.47 Å². The van der Waals surface area contributed by atoms with Crippen molar-refractivity contribution in [2.24, 2.45) is 0 Å². The average molecular weight is 414 g/mol. The van der Waals surface area contributed by atoms with Gasteiger partial charge >= 0.3 is 35.3 Å². The van der Waals surface area contributed by atoms with Gasteiger partial charge in [-0.1, -0.05) is 13.8 Å². The molecule has 0 aliphatic heterocycles. The van der Waals surface area contributed by atoms with Crippen LogP contribution in [-0.2, 0) is 26.0 Å². The fourth-order valence-corrected chi connectivity index (χ4v) is 0. The molecule has 0 aliphatic rings. The molecule has 2 atom stereocenters. The molecule has 0 aliphatic carbocycles. The van der Waals surface area contributed by atoms with Crippen LogP contribution >= 0.6 is 18.8 Å². The van der Waals surface area contributed by atoms with E-state index in [4.69, 9.17) is 30.3 Å². The summed E-state index contributed by atoms with van der Waals surface area (Å²) < 4.78 is 8.83. The third-order valence-corrected chi connectivity index (χ3v) is 0.707. The van der Waals surface area contributed by atoms with Crippen LogP contribution in [-0.4, -0.2) is 26.7 Å². The van der Waals surface area contributed by atoms with Gasteiger partial charge in [0.15, 0.2) is 0 Å². The predicted molar refractivity (Wildman–Crippen MR) is 53.3 cm³/mol. The van der Waals surface area contributed by atoms with Gasteiger partial charge in [0, 0.05) is 14.2 Å². The Kier molecular flexibility index (Phi) is 28.4. The normalized spacial score (nSPS) is 13.2. The summed E-state index contributed by atoms with van der Waals surface area (Å²) >= 11 is -0.472. The summed E-state index contributed by atoms with van der Waals surface area (Å²) in [5.74, 6) is 0. The molecular weight excluding hydrogens is 398 g/mol. The second-order valence-electron chi connectivity index (χ2n) is 1.80. The second kappa shape index (κ2) is 18.8. The molecule has 0 rings (SSSR count). The maximum atomic E-state index is 6.60. The van der Waals surface area contributed by atoms with Gasteiger partial charge in [-0.05, 0) is 12.5 Å². The van der Waals surface area contributed by atoms with Gasteiger partial charge in [0.2, 0.25) is 0 Å². The predicted octanol–water partition coefficient (Wildman–Crippen LogP) is 3.44. The van der Waals surface area contributed by atoms with Gasteiger partial charge in [-0.15, -0.1) is 0 Å². The number of hydrogen-bond donors (Lipinski definition) is 0. The van der Waals surface area contributed by atoms with Crippen molar-refractivity contribution >= 4 is 18.8 Å². The van der Waals surface area contributed by atoms with Gasteiger partial charge < -0.3 is 20.9 Å². The van der Waals surface area contributed by atoms with Gasteiger partial charge in [0.25, 0.3) is 0 Å². The van der Waals surface area contributed by atoms with Crippen LogP contribution in [0.4, 0.5) is 0 Å². The van der Waals surface area contributed by atoms with E-state index in [0.717, 1.165) is 0 Å². The molecule has 1 unspecified atom stereocenters. The zero-order valence-corrected chi connectivity index (χ0v) is 11.8. The van der Waals surface area contributed by atoms with Crippen molar-refractivity contribution in [3.8, 4) is 0 Å². The summed E-state index contributed by atoms with van der Waals surface area (Å²) in [5, 5.41) is 0. The summed E-state index contributed by atoms with van der Waals surface area (Å²) in [7, 11) is 12.8.